The fraction of sp³-hybridized carbons (Fsp3) is 1.00. The van der Waals surface area contributed by atoms with Crippen LogP contribution in [0.15, 0.2) is 0 Å². The van der Waals surface area contributed by atoms with Crippen LogP contribution in [0.3, 0.4) is 0 Å². The van der Waals surface area contributed by atoms with Gasteiger partial charge in [-0.15, -0.1) is 0 Å². The Bertz CT molecular complexity index is 193. The molecule has 1 saturated heterocycles. The van der Waals surface area contributed by atoms with Crippen molar-refractivity contribution in [1.29, 1.82) is 0 Å². The number of piperidine rings is 1. The van der Waals surface area contributed by atoms with Crippen molar-refractivity contribution in [3.8, 4) is 0 Å². The van der Waals surface area contributed by atoms with E-state index >= 15 is 0 Å². The molecule has 2 unspecified atom stereocenters. The lowest BCUT2D eigenvalue weighted by Crippen LogP contribution is -2.53. The molecule has 1 heterocycles. The van der Waals surface area contributed by atoms with E-state index in [1.807, 2.05) is 0 Å². The van der Waals surface area contributed by atoms with Gasteiger partial charge in [0.15, 0.2) is 0 Å². The lowest BCUT2D eigenvalue weighted by atomic mass is 9.91. The highest BCUT2D eigenvalue weighted by atomic mass is 15.0. The highest BCUT2D eigenvalue weighted by molar-refractivity contribution is 4.89. The molecule has 0 bridgehead atoms. The average molecular weight is 210 g/mol. The maximum Gasteiger partial charge on any atom is 0.0277 e. The summed E-state index contributed by atoms with van der Waals surface area (Å²) in [4.78, 5) is 0. The molecule has 2 heteroatoms. The van der Waals surface area contributed by atoms with Gasteiger partial charge in [0.2, 0.25) is 0 Å². The summed E-state index contributed by atoms with van der Waals surface area (Å²) in [6, 6.07) is 0. The van der Waals surface area contributed by atoms with Crippen LogP contribution in [0.5, 0.6) is 0 Å². The van der Waals surface area contributed by atoms with Gasteiger partial charge in [-0.05, 0) is 57.5 Å². The van der Waals surface area contributed by atoms with Crippen LogP contribution in [0, 0.1) is 11.8 Å². The molecular weight excluding hydrogens is 184 g/mol. The zero-order valence-corrected chi connectivity index (χ0v) is 10.3. The molecule has 2 rings (SSSR count). The monoisotopic (exact) mass is 210 g/mol. The van der Waals surface area contributed by atoms with Crippen LogP contribution in [0.2, 0.25) is 0 Å². The fourth-order valence-corrected chi connectivity index (χ4v) is 2.68. The van der Waals surface area contributed by atoms with Gasteiger partial charge in [-0.2, -0.15) is 0 Å². The Labute approximate surface area is 94.2 Å². The van der Waals surface area contributed by atoms with Gasteiger partial charge in [-0.25, -0.2) is 0 Å². The standard InChI is InChI=1S/C13H26N2/c1-11(12-5-6-12)9-14-10-13(2)7-3-4-8-15-13/h11-12,14-15H,3-10H2,1-2H3. The van der Waals surface area contributed by atoms with Gasteiger partial charge in [-0.3, -0.25) is 0 Å². The zero-order chi connectivity index (χ0) is 10.7. The Morgan fingerprint density at radius 1 is 1.40 bits per heavy atom. The third-order valence-corrected chi connectivity index (χ3v) is 4.12. The van der Waals surface area contributed by atoms with Crippen LogP contribution in [-0.4, -0.2) is 25.2 Å². The van der Waals surface area contributed by atoms with Gasteiger partial charge in [0.25, 0.3) is 0 Å². The summed E-state index contributed by atoms with van der Waals surface area (Å²) < 4.78 is 0. The normalized spacial score (nSPS) is 34.0. The number of hydrogen-bond acceptors (Lipinski definition) is 2. The van der Waals surface area contributed by atoms with Gasteiger partial charge in [0, 0.05) is 12.1 Å². The summed E-state index contributed by atoms with van der Waals surface area (Å²) in [6.07, 6.45) is 7.02. The predicted molar refractivity (Wildman–Crippen MR) is 65.0 cm³/mol. The third kappa shape index (κ3) is 3.46. The number of hydrogen-bond donors (Lipinski definition) is 2. The summed E-state index contributed by atoms with van der Waals surface area (Å²) in [7, 11) is 0. The first kappa shape index (κ1) is 11.4. The van der Waals surface area contributed by atoms with Crippen LogP contribution < -0.4 is 10.6 Å². The molecule has 0 aromatic carbocycles. The summed E-state index contributed by atoms with van der Waals surface area (Å²) in [5.41, 5.74) is 0.363. The second-order valence-electron chi connectivity index (χ2n) is 5.89. The highest BCUT2D eigenvalue weighted by Crippen LogP contribution is 2.36. The van der Waals surface area contributed by atoms with Crippen molar-refractivity contribution in [1.82, 2.24) is 10.6 Å². The summed E-state index contributed by atoms with van der Waals surface area (Å²) in [5, 5.41) is 7.31. The Hall–Kier alpha value is -0.0800. The van der Waals surface area contributed by atoms with E-state index in [0.29, 0.717) is 5.54 Å². The molecule has 0 spiro atoms. The predicted octanol–water partition coefficient (Wildman–Crippen LogP) is 2.15. The lowest BCUT2D eigenvalue weighted by molar-refractivity contribution is 0.261. The quantitative estimate of drug-likeness (QED) is 0.726. The first-order valence-electron chi connectivity index (χ1n) is 6.65. The van der Waals surface area contributed by atoms with Crippen LogP contribution in [-0.2, 0) is 0 Å². The Kier molecular flexibility index (Phi) is 3.68. The van der Waals surface area contributed by atoms with Crippen molar-refractivity contribution in [3.63, 3.8) is 0 Å². The van der Waals surface area contributed by atoms with E-state index in [2.05, 4.69) is 24.5 Å². The number of nitrogens with one attached hydrogen (secondary N) is 2. The Morgan fingerprint density at radius 2 is 2.20 bits per heavy atom. The minimum Gasteiger partial charge on any atom is -0.315 e. The molecule has 2 nitrogen and oxygen atoms in total. The zero-order valence-electron chi connectivity index (χ0n) is 10.3. The summed E-state index contributed by atoms with van der Waals surface area (Å²) in [5.74, 6) is 1.92. The molecule has 15 heavy (non-hydrogen) atoms. The fourth-order valence-electron chi connectivity index (χ4n) is 2.68. The maximum absolute atomic E-state index is 3.65. The van der Waals surface area contributed by atoms with E-state index in [1.165, 1.54) is 45.2 Å². The minimum absolute atomic E-state index is 0.363. The molecule has 2 atom stereocenters. The van der Waals surface area contributed by atoms with Gasteiger partial charge < -0.3 is 10.6 Å². The molecule has 0 radical (unpaired) electrons. The smallest absolute Gasteiger partial charge is 0.0277 e. The largest absolute Gasteiger partial charge is 0.315 e. The van der Waals surface area contributed by atoms with Crippen molar-refractivity contribution in [2.24, 2.45) is 11.8 Å². The first-order valence-corrected chi connectivity index (χ1v) is 6.65. The minimum atomic E-state index is 0.363. The molecule has 1 aliphatic heterocycles. The van der Waals surface area contributed by atoms with Gasteiger partial charge in [-0.1, -0.05) is 13.3 Å². The molecule has 2 aliphatic rings. The summed E-state index contributed by atoms with van der Waals surface area (Å²) in [6.45, 7) is 8.31. The second-order valence-corrected chi connectivity index (χ2v) is 5.89. The van der Waals surface area contributed by atoms with Crippen LogP contribution in [0.1, 0.15) is 46.0 Å². The van der Waals surface area contributed by atoms with Crippen molar-refractivity contribution in [2.75, 3.05) is 19.6 Å². The third-order valence-electron chi connectivity index (χ3n) is 4.12. The first-order chi connectivity index (χ1) is 7.20. The highest BCUT2D eigenvalue weighted by Gasteiger charge is 2.29. The number of rotatable bonds is 5. The molecule has 2 fully saturated rings. The van der Waals surface area contributed by atoms with E-state index in [1.54, 1.807) is 0 Å². The Balaban J connectivity index is 1.63. The average Bonchev–Trinajstić information content (AvgIpc) is 3.01. The molecule has 0 aromatic heterocycles. The topological polar surface area (TPSA) is 24.1 Å². The molecule has 0 amide bonds. The SMILES string of the molecule is CC(CNCC1(C)CCCCN1)C1CC1. The van der Waals surface area contributed by atoms with E-state index in [-0.39, 0.29) is 0 Å². The van der Waals surface area contributed by atoms with Crippen LogP contribution >= 0.6 is 0 Å². The molecule has 1 aliphatic carbocycles. The molecule has 0 aromatic rings. The second kappa shape index (κ2) is 4.84. The van der Waals surface area contributed by atoms with E-state index in [9.17, 15) is 0 Å². The molecule has 1 saturated carbocycles. The molecular formula is C13H26N2. The van der Waals surface area contributed by atoms with Crippen LogP contribution in [0.4, 0.5) is 0 Å². The van der Waals surface area contributed by atoms with Crippen molar-refractivity contribution < 1.29 is 0 Å². The summed E-state index contributed by atoms with van der Waals surface area (Å²) >= 11 is 0. The van der Waals surface area contributed by atoms with Crippen molar-refractivity contribution in [3.05, 3.63) is 0 Å². The Morgan fingerprint density at radius 3 is 2.80 bits per heavy atom. The van der Waals surface area contributed by atoms with Crippen molar-refractivity contribution >= 4 is 0 Å². The van der Waals surface area contributed by atoms with Gasteiger partial charge in [0.05, 0.1) is 0 Å². The van der Waals surface area contributed by atoms with Crippen LogP contribution in [0.25, 0.3) is 0 Å². The van der Waals surface area contributed by atoms with E-state index < -0.39 is 0 Å². The lowest BCUT2D eigenvalue weighted by Gasteiger charge is -2.35. The van der Waals surface area contributed by atoms with E-state index in [0.717, 1.165) is 18.4 Å². The van der Waals surface area contributed by atoms with Crippen molar-refractivity contribution in [2.45, 2.75) is 51.5 Å². The van der Waals surface area contributed by atoms with E-state index in [4.69, 9.17) is 0 Å². The maximum atomic E-state index is 3.65. The molecule has 88 valence electrons. The van der Waals surface area contributed by atoms with Gasteiger partial charge >= 0.3 is 0 Å². The molecule has 2 N–H and O–H groups in total. The van der Waals surface area contributed by atoms with Gasteiger partial charge in [0.1, 0.15) is 0 Å².